The SMILES string of the molecule is C=C(Br)CNC(=O)c1cccc(C)c1O. The van der Waals surface area contributed by atoms with E-state index in [-0.39, 0.29) is 17.2 Å². The molecule has 1 aromatic rings. The minimum absolute atomic E-state index is 0.0233. The van der Waals surface area contributed by atoms with Gasteiger partial charge < -0.3 is 10.4 Å². The summed E-state index contributed by atoms with van der Waals surface area (Å²) in [5.74, 6) is -0.285. The molecule has 4 heteroatoms. The first-order valence-electron chi connectivity index (χ1n) is 4.42. The lowest BCUT2D eigenvalue weighted by Gasteiger charge is -2.07. The van der Waals surface area contributed by atoms with Gasteiger partial charge in [0.2, 0.25) is 0 Å². The van der Waals surface area contributed by atoms with Crippen molar-refractivity contribution in [1.82, 2.24) is 5.32 Å². The normalized spacial score (nSPS) is 9.73. The largest absolute Gasteiger partial charge is 0.507 e. The van der Waals surface area contributed by atoms with Crippen molar-refractivity contribution in [2.45, 2.75) is 6.92 Å². The third-order valence-corrected chi connectivity index (χ3v) is 2.20. The van der Waals surface area contributed by atoms with E-state index in [9.17, 15) is 9.90 Å². The summed E-state index contributed by atoms with van der Waals surface area (Å²) in [6.07, 6.45) is 0. The highest BCUT2D eigenvalue weighted by molar-refractivity contribution is 9.11. The van der Waals surface area contributed by atoms with Gasteiger partial charge in [0, 0.05) is 11.0 Å². The molecular formula is C11H12BrNO2. The zero-order valence-corrected chi connectivity index (χ0v) is 9.97. The molecule has 0 atom stereocenters. The lowest BCUT2D eigenvalue weighted by atomic mass is 10.1. The van der Waals surface area contributed by atoms with E-state index in [1.54, 1.807) is 25.1 Å². The highest BCUT2D eigenvalue weighted by Gasteiger charge is 2.11. The lowest BCUT2D eigenvalue weighted by Crippen LogP contribution is -2.24. The molecule has 80 valence electrons. The van der Waals surface area contributed by atoms with Crippen LogP contribution in [-0.2, 0) is 0 Å². The average molecular weight is 270 g/mol. The standard InChI is InChI=1S/C11H12BrNO2/c1-7-4-3-5-9(10(7)14)11(15)13-6-8(2)12/h3-5,14H,2,6H2,1H3,(H,13,15). The van der Waals surface area contributed by atoms with E-state index >= 15 is 0 Å². The summed E-state index contributed by atoms with van der Waals surface area (Å²) in [4.78, 5) is 11.6. The number of hydrogen-bond donors (Lipinski definition) is 2. The topological polar surface area (TPSA) is 49.3 Å². The van der Waals surface area contributed by atoms with E-state index in [2.05, 4.69) is 27.8 Å². The van der Waals surface area contributed by atoms with Gasteiger partial charge in [-0.05, 0) is 18.6 Å². The average Bonchev–Trinajstić information content (AvgIpc) is 2.18. The van der Waals surface area contributed by atoms with Gasteiger partial charge in [0.25, 0.3) is 5.91 Å². The molecule has 1 aromatic carbocycles. The van der Waals surface area contributed by atoms with Crippen LogP contribution in [0.2, 0.25) is 0 Å². The van der Waals surface area contributed by atoms with Crippen LogP contribution in [0.25, 0.3) is 0 Å². The van der Waals surface area contributed by atoms with Crippen molar-refractivity contribution < 1.29 is 9.90 Å². The highest BCUT2D eigenvalue weighted by atomic mass is 79.9. The zero-order chi connectivity index (χ0) is 11.4. The van der Waals surface area contributed by atoms with Crippen LogP contribution in [0.1, 0.15) is 15.9 Å². The number of benzene rings is 1. The Morgan fingerprint density at radius 3 is 2.87 bits per heavy atom. The molecule has 0 saturated carbocycles. The molecular weight excluding hydrogens is 258 g/mol. The van der Waals surface area contributed by atoms with Crippen LogP contribution >= 0.6 is 15.9 Å². The first kappa shape index (κ1) is 11.8. The number of hydrogen-bond acceptors (Lipinski definition) is 2. The van der Waals surface area contributed by atoms with Crippen LogP contribution in [-0.4, -0.2) is 17.6 Å². The Morgan fingerprint density at radius 1 is 1.60 bits per heavy atom. The number of phenols is 1. The number of aryl methyl sites for hydroxylation is 1. The van der Waals surface area contributed by atoms with Crippen molar-refractivity contribution in [2.75, 3.05) is 6.54 Å². The maximum Gasteiger partial charge on any atom is 0.255 e. The second kappa shape index (κ2) is 4.98. The van der Waals surface area contributed by atoms with Gasteiger partial charge in [-0.25, -0.2) is 0 Å². The van der Waals surface area contributed by atoms with E-state index in [1.807, 2.05) is 0 Å². The van der Waals surface area contributed by atoms with Gasteiger partial charge >= 0.3 is 0 Å². The summed E-state index contributed by atoms with van der Waals surface area (Å²) in [6, 6.07) is 5.05. The molecule has 1 amide bonds. The number of carbonyl (C=O) groups excluding carboxylic acids is 1. The summed E-state index contributed by atoms with van der Waals surface area (Å²) in [7, 11) is 0. The number of amides is 1. The van der Waals surface area contributed by atoms with Crippen LogP contribution in [0.4, 0.5) is 0 Å². The molecule has 0 aromatic heterocycles. The molecule has 0 bridgehead atoms. The summed E-state index contributed by atoms with van der Waals surface area (Å²) in [5, 5.41) is 12.3. The monoisotopic (exact) mass is 269 g/mol. The van der Waals surface area contributed by atoms with Gasteiger partial charge in [-0.2, -0.15) is 0 Å². The molecule has 0 aliphatic heterocycles. The lowest BCUT2D eigenvalue weighted by molar-refractivity contribution is 0.0955. The van der Waals surface area contributed by atoms with Crippen molar-refractivity contribution in [3.63, 3.8) is 0 Å². The molecule has 0 radical (unpaired) electrons. The summed E-state index contributed by atoms with van der Waals surface area (Å²) in [6.45, 7) is 5.69. The number of aromatic hydroxyl groups is 1. The highest BCUT2D eigenvalue weighted by Crippen LogP contribution is 2.21. The number of rotatable bonds is 3. The van der Waals surface area contributed by atoms with E-state index in [4.69, 9.17) is 0 Å². The molecule has 0 fully saturated rings. The van der Waals surface area contributed by atoms with Crippen LogP contribution in [0.15, 0.2) is 29.3 Å². The molecule has 0 spiro atoms. The van der Waals surface area contributed by atoms with Crippen molar-refractivity contribution in [3.05, 3.63) is 40.4 Å². The third kappa shape index (κ3) is 3.09. The van der Waals surface area contributed by atoms with Crippen LogP contribution in [0.5, 0.6) is 5.75 Å². The van der Waals surface area contributed by atoms with Gasteiger partial charge in [-0.15, -0.1) is 0 Å². The second-order valence-electron chi connectivity index (χ2n) is 3.17. The van der Waals surface area contributed by atoms with Gasteiger partial charge in [0.05, 0.1) is 5.56 Å². The Balaban J connectivity index is 2.82. The van der Waals surface area contributed by atoms with Crippen LogP contribution in [0.3, 0.4) is 0 Å². The van der Waals surface area contributed by atoms with Crippen molar-refractivity contribution >= 4 is 21.8 Å². The minimum Gasteiger partial charge on any atom is -0.507 e. The van der Waals surface area contributed by atoms with Gasteiger partial charge in [-0.1, -0.05) is 34.6 Å². The smallest absolute Gasteiger partial charge is 0.255 e. The first-order chi connectivity index (χ1) is 7.02. The number of carbonyl (C=O) groups is 1. The number of halogens is 1. The zero-order valence-electron chi connectivity index (χ0n) is 8.38. The Labute approximate surface area is 96.9 Å². The molecule has 0 saturated heterocycles. The molecule has 0 unspecified atom stereocenters. The summed E-state index contributed by atoms with van der Waals surface area (Å²) >= 11 is 3.14. The van der Waals surface area contributed by atoms with Gasteiger partial charge in [0.15, 0.2) is 0 Å². The molecule has 2 N–H and O–H groups in total. The van der Waals surface area contributed by atoms with Crippen molar-refractivity contribution in [3.8, 4) is 5.75 Å². The Bertz CT molecular complexity index is 402. The molecule has 0 aliphatic carbocycles. The summed E-state index contributed by atoms with van der Waals surface area (Å²) in [5.41, 5.74) is 0.962. The molecule has 3 nitrogen and oxygen atoms in total. The third-order valence-electron chi connectivity index (χ3n) is 1.92. The molecule has 15 heavy (non-hydrogen) atoms. The van der Waals surface area contributed by atoms with E-state index < -0.39 is 0 Å². The number of nitrogens with one attached hydrogen (secondary N) is 1. The van der Waals surface area contributed by atoms with Crippen LogP contribution in [0, 0.1) is 6.92 Å². The van der Waals surface area contributed by atoms with Gasteiger partial charge in [0.1, 0.15) is 5.75 Å². The Morgan fingerprint density at radius 2 is 2.27 bits per heavy atom. The quantitative estimate of drug-likeness (QED) is 0.885. The molecule has 0 aliphatic rings. The fraction of sp³-hybridized carbons (Fsp3) is 0.182. The fourth-order valence-electron chi connectivity index (χ4n) is 1.11. The van der Waals surface area contributed by atoms with Crippen molar-refractivity contribution in [2.24, 2.45) is 0 Å². The first-order valence-corrected chi connectivity index (χ1v) is 5.21. The Kier molecular flexibility index (Phi) is 3.91. The number of para-hydroxylation sites is 1. The second-order valence-corrected chi connectivity index (χ2v) is 4.29. The predicted molar refractivity (Wildman–Crippen MR) is 63.2 cm³/mol. The molecule has 1 rings (SSSR count). The van der Waals surface area contributed by atoms with Crippen LogP contribution < -0.4 is 5.32 Å². The summed E-state index contributed by atoms with van der Waals surface area (Å²) < 4.78 is 0.683. The number of phenolic OH excluding ortho intramolecular Hbond substituents is 1. The fourth-order valence-corrected chi connectivity index (χ4v) is 1.25. The molecule has 0 heterocycles. The predicted octanol–water partition coefficient (Wildman–Crippen LogP) is 2.34. The van der Waals surface area contributed by atoms with E-state index in [1.165, 1.54) is 0 Å². The maximum atomic E-state index is 11.6. The van der Waals surface area contributed by atoms with Gasteiger partial charge in [-0.3, -0.25) is 4.79 Å². The van der Waals surface area contributed by atoms with E-state index in [0.29, 0.717) is 16.6 Å². The minimum atomic E-state index is -0.309. The van der Waals surface area contributed by atoms with Crippen molar-refractivity contribution in [1.29, 1.82) is 0 Å². The van der Waals surface area contributed by atoms with E-state index in [0.717, 1.165) is 0 Å². The Hall–Kier alpha value is -1.29. The maximum absolute atomic E-state index is 11.6.